The van der Waals surface area contributed by atoms with Crippen LogP contribution in [-0.2, 0) is 13.6 Å². The van der Waals surface area contributed by atoms with Gasteiger partial charge in [0.1, 0.15) is 0 Å². The molecule has 0 unspecified atom stereocenters. The summed E-state index contributed by atoms with van der Waals surface area (Å²) in [6, 6.07) is 0. The molecule has 0 bridgehead atoms. The number of hydrogen-bond acceptors (Lipinski definition) is 5. The molecule has 0 aromatic rings. The second kappa shape index (κ2) is 2.87. The van der Waals surface area contributed by atoms with Crippen LogP contribution in [0.2, 0.25) is 0 Å². The van der Waals surface area contributed by atoms with Crippen molar-refractivity contribution in [2.24, 2.45) is 0 Å². The topological polar surface area (TPSA) is 73.8 Å². The Bertz CT molecular complexity index is 169. The molecule has 0 aliphatic carbocycles. The van der Waals surface area contributed by atoms with Crippen molar-refractivity contribution in [2.45, 2.75) is 33.0 Å². The van der Waals surface area contributed by atoms with Gasteiger partial charge in [-0.1, -0.05) is 0 Å². The van der Waals surface area contributed by atoms with Crippen LogP contribution in [0.5, 0.6) is 0 Å². The van der Waals surface area contributed by atoms with E-state index in [-0.39, 0.29) is 6.61 Å². The van der Waals surface area contributed by atoms with E-state index < -0.39 is 19.9 Å². The van der Waals surface area contributed by atoms with Gasteiger partial charge in [0.25, 0.3) is 0 Å². The Labute approximate surface area is 71.6 Å². The van der Waals surface area contributed by atoms with Gasteiger partial charge in [0.15, 0.2) is 0 Å². The fraction of sp³-hybridized carbons (Fsp3) is 1.00. The van der Waals surface area contributed by atoms with Gasteiger partial charge in [0.05, 0.1) is 0 Å². The number of hydrogen-bond donors (Lipinski definition) is 0. The van der Waals surface area contributed by atoms with Crippen LogP contribution in [0.1, 0.15) is 20.8 Å². The molecule has 1 heterocycles. The first-order chi connectivity index (χ1) is 5.35. The molecule has 1 aliphatic rings. The third-order valence-corrected chi connectivity index (χ3v) is 3.71. The Morgan fingerprint density at radius 1 is 1.25 bits per heavy atom. The molecule has 0 N–H and O–H groups in total. The van der Waals surface area contributed by atoms with Crippen molar-refractivity contribution in [1.29, 1.82) is 0 Å². The minimum atomic E-state index is -5.18. The van der Waals surface area contributed by atoms with E-state index in [1.54, 1.807) is 20.8 Å². The molecular weight excluding hydrogens is 183 g/mol. The van der Waals surface area contributed by atoms with Gasteiger partial charge in [0.2, 0.25) is 0 Å². The minimum absolute atomic E-state index is 0.0181. The molecule has 0 saturated carbocycles. The van der Waals surface area contributed by atoms with Crippen LogP contribution in [0, 0.1) is 0 Å². The molecule has 0 amide bonds. The molecule has 74 valence electrons. The van der Waals surface area contributed by atoms with Crippen LogP contribution >= 0.6 is 7.74 Å². The SMILES string of the molecule is CCOP1([O-])([O-])O[C@@H](C)[C@@H](C)O1. The van der Waals surface area contributed by atoms with Gasteiger partial charge in [-0.05, 0) is 0 Å². The predicted octanol–water partition coefficient (Wildman–Crippen LogP) is -0.304. The van der Waals surface area contributed by atoms with E-state index in [4.69, 9.17) is 0 Å². The predicted molar refractivity (Wildman–Crippen MR) is 39.6 cm³/mol. The molecular formula is C6H13O5P-2. The van der Waals surface area contributed by atoms with Crippen molar-refractivity contribution in [3.8, 4) is 0 Å². The van der Waals surface area contributed by atoms with Crippen LogP contribution in [-0.4, -0.2) is 18.8 Å². The summed E-state index contributed by atoms with van der Waals surface area (Å²) in [4.78, 5) is 22.8. The molecule has 0 radical (unpaired) electrons. The fourth-order valence-corrected chi connectivity index (χ4v) is 3.03. The molecule has 1 saturated heterocycles. The summed E-state index contributed by atoms with van der Waals surface area (Å²) in [6.07, 6.45) is -0.964. The van der Waals surface area contributed by atoms with E-state index in [1.165, 1.54) is 0 Å². The summed E-state index contributed by atoms with van der Waals surface area (Å²) in [7, 11) is -5.18. The Kier molecular flexibility index (Phi) is 2.47. The van der Waals surface area contributed by atoms with Crippen LogP contribution in [0.25, 0.3) is 0 Å². The Balaban J connectivity index is 2.73. The van der Waals surface area contributed by atoms with E-state index in [2.05, 4.69) is 13.6 Å². The first kappa shape index (κ1) is 10.3. The second-order valence-electron chi connectivity index (χ2n) is 2.78. The van der Waals surface area contributed by atoms with Gasteiger partial charge in [0, 0.05) is 0 Å². The van der Waals surface area contributed by atoms with Crippen LogP contribution in [0.3, 0.4) is 0 Å². The average molecular weight is 196 g/mol. The molecule has 0 spiro atoms. The van der Waals surface area contributed by atoms with Gasteiger partial charge in [-0.2, -0.15) is 0 Å². The third-order valence-electron chi connectivity index (χ3n) is 1.68. The second-order valence-corrected chi connectivity index (χ2v) is 4.95. The molecule has 5 nitrogen and oxygen atoms in total. The zero-order valence-electron chi connectivity index (χ0n) is 7.35. The standard InChI is InChI=1S/C6H13O5P/c1-4-9-12(7,8)10-5(2)6(3)11-12/h5-6H,4H2,1-3H3/q-2/t5-,6+. The maximum atomic E-state index is 11.4. The molecule has 12 heavy (non-hydrogen) atoms. The quantitative estimate of drug-likeness (QED) is 0.566. The van der Waals surface area contributed by atoms with Crippen molar-refractivity contribution in [3.05, 3.63) is 0 Å². The normalized spacial score (nSPS) is 41.9. The van der Waals surface area contributed by atoms with E-state index in [9.17, 15) is 9.79 Å². The first-order valence-electron chi connectivity index (χ1n) is 3.87. The monoisotopic (exact) mass is 196 g/mol. The first-order valence-corrected chi connectivity index (χ1v) is 5.69. The van der Waals surface area contributed by atoms with Gasteiger partial charge in [-0.25, -0.2) is 0 Å². The zero-order chi connectivity index (χ0) is 9.43. The van der Waals surface area contributed by atoms with E-state index in [0.717, 1.165) is 0 Å². The Morgan fingerprint density at radius 2 is 1.67 bits per heavy atom. The molecule has 1 fully saturated rings. The zero-order valence-corrected chi connectivity index (χ0v) is 8.24. The van der Waals surface area contributed by atoms with Crippen molar-refractivity contribution in [3.63, 3.8) is 0 Å². The number of rotatable bonds is 2. The summed E-state index contributed by atoms with van der Waals surface area (Å²) >= 11 is 0. The molecule has 6 heteroatoms. The third kappa shape index (κ3) is 1.93. The van der Waals surface area contributed by atoms with Gasteiger partial charge < -0.3 is 0 Å². The molecule has 1 aliphatic heterocycles. The molecule has 2 atom stereocenters. The van der Waals surface area contributed by atoms with Gasteiger partial charge in [-0.15, -0.1) is 0 Å². The summed E-state index contributed by atoms with van der Waals surface area (Å²) in [6.45, 7) is 4.82. The van der Waals surface area contributed by atoms with E-state index in [0.29, 0.717) is 0 Å². The summed E-state index contributed by atoms with van der Waals surface area (Å²) < 4.78 is 13.8. The fourth-order valence-electron chi connectivity index (χ4n) is 1.01. The summed E-state index contributed by atoms with van der Waals surface area (Å²) in [5.41, 5.74) is 0. The molecule has 0 aromatic heterocycles. The van der Waals surface area contributed by atoms with Crippen molar-refractivity contribution in [1.82, 2.24) is 0 Å². The van der Waals surface area contributed by atoms with Crippen molar-refractivity contribution >= 4 is 7.74 Å². The van der Waals surface area contributed by atoms with Crippen molar-refractivity contribution < 1.29 is 23.4 Å². The summed E-state index contributed by atoms with van der Waals surface area (Å²) in [5, 5.41) is 0. The Morgan fingerprint density at radius 3 is 2.00 bits per heavy atom. The van der Waals surface area contributed by atoms with E-state index >= 15 is 0 Å². The molecule has 1 rings (SSSR count). The van der Waals surface area contributed by atoms with Crippen LogP contribution in [0.4, 0.5) is 0 Å². The van der Waals surface area contributed by atoms with Crippen LogP contribution in [0.15, 0.2) is 0 Å². The average Bonchev–Trinajstić information content (AvgIpc) is 2.03. The van der Waals surface area contributed by atoms with Gasteiger partial charge >= 0.3 is 70.7 Å². The van der Waals surface area contributed by atoms with Crippen LogP contribution < -0.4 is 9.79 Å². The van der Waals surface area contributed by atoms with E-state index in [1.807, 2.05) is 0 Å². The Hall–Kier alpha value is 0.230. The molecule has 0 aromatic carbocycles. The van der Waals surface area contributed by atoms with Crippen molar-refractivity contribution in [2.75, 3.05) is 6.61 Å². The van der Waals surface area contributed by atoms with Gasteiger partial charge in [-0.3, -0.25) is 0 Å². The summed E-state index contributed by atoms with van der Waals surface area (Å²) in [5.74, 6) is 0. The maximum absolute atomic E-state index is 11.4.